The van der Waals surface area contributed by atoms with Crippen molar-refractivity contribution in [2.45, 2.75) is 32.7 Å². The molecule has 6 heteroatoms. The molecule has 0 spiro atoms. The van der Waals surface area contributed by atoms with E-state index in [4.69, 9.17) is 9.26 Å². The van der Waals surface area contributed by atoms with Crippen molar-refractivity contribution < 1.29 is 9.26 Å². The average Bonchev–Trinajstić information content (AvgIpc) is 2.96. The van der Waals surface area contributed by atoms with Gasteiger partial charge in [0.1, 0.15) is 5.69 Å². The van der Waals surface area contributed by atoms with Gasteiger partial charge >= 0.3 is 0 Å². The number of rotatable bonds is 8. The highest BCUT2D eigenvalue weighted by molar-refractivity contribution is 5.53. The lowest BCUT2D eigenvalue weighted by atomic mass is 10.1. The van der Waals surface area contributed by atoms with Gasteiger partial charge in [0.05, 0.1) is 6.61 Å². The number of likely N-dealkylation sites (N-methyl/N-ethyl adjacent to an activating group) is 1. The molecule has 0 saturated carbocycles. The Morgan fingerprint density at radius 1 is 1.38 bits per heavy atom. The molecule has 2 rings (SSSR count). The number of methoxy groups -OCH3 is 1. The Balaban J connectivity index is 2.13. The average molecular weight is 290 g/mol. The first kappa shape index (κ1) is 15.6. The number of pyridine rings is 1. The second kappa shape index (κ2) is 7.85. The largest absolute Gasteiger partial charge is 0.383 e. The molecule has 1 atom stereocenters. The smallest absolute Gasteiger partial charge is 0.228 e. The maximum atomic E-state index is 5.35. The molecule has 0 radical (unpaired) electrons. The Kier molecular flexibility index (Phi) is 5.83. The number of hydrogen-bond donors (Lipinski definition) is 1. The van der Waals surface area contributed by atoms with Crippen LogP contribution in [0.5, 0.6) is 0 Å². The molecule has 0 amide bonds. The topological polar surface area (TPSA) is 73.1 Å². The van der Waals surface area contributed by atoms with Crippen LogP contribution < -0.4 is 5.32 Å². The zero-order chi connectivity index (χ0) is 15.1. The third kappa shape index (κ3) is 4.09. The monoisotopic (exact) mass is 290 g/mol. The molecule has 2 aromatic rings. The summed E-state index contributed by atoms with van der Waals surface area (Å²) >= 11 is 0. The van der Waals surface area contributed by atoms with Gasteiger partial charge < -0.3 is 14.6 Å². The van der Waals surface area contributed by atoms with Crippen LogP contribution in [-0.4, -0.2) is 41.4 Å². The molecule has 0 aliphatic carbocycles. The van der Waals surface area contributed by atoms with Crippen molar-refractivity contribution >= 4 is 0 Å². The molecule has 1 N–H and O–H groups in total. The molecule has 0 bridgehead atoms. The Labute approximate surface area is 124 Å². The first-order valence-electron chi connectivity index (χ1n) is 7.27. The standard InChI is InChI=1S/C15H22N4O2/c1-4-11-7-6-8-17-14(11)15-18-13(21-19-15)9-12(10-20-3)16-5-2/h6-8,12,16H,4-5,9-10H2,1-3H3. The van der Waals surface area contributed by atoms with Crippen LogP contribution >= 0.6 is 0 Å². The van der Waals surface area contributed by atoms with Gasteiger partial charge in [-0.3, -0.25) is 4.98 Å². The first-order valence-corrected chi connectivity index (χ1v) is 7.27. The molecule has 0 aliphatic rings. The lowest BCUT2D eigenvalue weighted by Gasteiger charge is -2.14. The summed E-state index contributed by atoms with van der Waals surface area (Å²) in [6.07, 6.45) is 3.27. The predicted molar refractivity (Wildman–Crippen MR) is 80.0 cm³/mol. The van der Waals surface area contributed by atoms with Crippen LogP contribution in [0.15, 0.2) is 22.9 Å². The molecule has 0 aliphatic heterocycles. The fourth-order valence-corrected chi connectivity index (χ4v) is 2.25. The molecule has 1 unspecified atom stereocenters. The number of hydrogen-bond acceptors (Lipinski definition) is 6. The number of nitrogens with one attached hydrogen (secondary N) is 1. The molecule has 0 aromatic carbocycles. The predicted octanol–water partition coefficient (Wildman–Crippen LogP) is 1.86. The molecular weight excluding hydrogens is 268 g/mol. The molecule has 21 heavy (non-hydrogen) atoms. The van der Waals surface area contributed by atoms with Crippen molar-refractivity contribution in [3.8, 4) is 11.5 Å². The van der Waals surface area contributed by atoms with Crippen LogP contribution in [0.25, 0.3) is 11.5 Å². The zero-order valence-electron chi connectivity index (χ0n) is 12.8. The number of aryl methyl sites for hydroxylation is 1. The molecule has 0 fully saturated rings. The second-order valence-corrected chi connectivity index (χ2v) is 4.79. The van der Waals surface area contributed by atoms with E-state index in [2.05, 4.69) is 34.3 Å². The molecule has 114 valence electrons. The van der Waals surface area contributed by atoms with E-state index in [9.17, 15) is 0 Å². The number of nitrogens with zero attached hydrogens (tertiary/aromatic N) is 3. The molecule has 6 nitrogen and oxygen atoms in total. The number of aromatic nitrogens is 3. The van der Waals surface area contributed by atoms with Crippen LogP contribution in [0, 0.1) is 0 Å². The van der Waals surface area contributed by atoms with Gasteiger partial charge in [0.25, 0.3) is 0 Å². The van der Waals surface area contributed by atoms with Gasteiger partial charge in [-0.25, -0.2) is 0 Å². The van der Waals surface area contributed by atoms with E-state index in [-0.39, 0.29) is 6.04 Å². The zero-order valence-corrected chi connectivity index (χ0v) is 12.8. The maximum absolute atomic E-state index is 5.35. The van der Waals surface area contributed by atoms with Crippen LogP contribution in [0.4, 0.5) is 0 Å². The summed E-state index contributed by atoms with van der Waals surface area (Å²) in [6.45, 7) is 5.62. The minimum atomic E-state index is 0.169. The Morgan fingerprint density at radius 3 is 2.95 bits per heavy atom. The van der Waals surface area contributed by atoms with Crippen molar-refractivity contribution in [1.29, 1.82) is 0 Å². The maximum Gasteiger partial charge on any atom is 0.228 e. The normalized spacial score (nSPS) is 12.5. The minimum absolute atomic E-state index is 0.169. The van der Waals surface area contributed by atoms with Crippen molar-refractivity contribution in [1.82, 2.24) is 20.4 Å². The fraction of sp³-hybridized carbons (Fsp3) is 0.533. The molecule has 2 heterocycles. The minimum Gasteiger partial charge on any atom is -0.383 e. The summed E-state index contributed by atoms with van der Waals surface area (Å²) in [5.74, 6) is 1.15. The van der Waals surface area contributed by atoms with E-state index in [1.165, 1.54) is 0 Å². The molecule has 0 saturated heterocycles. The van der Waals surface area contributed by atoms with Gasteiger partial charge in [-0.1, -0.05) is 25.1 Å². The van der Waals surface area contributed by atoms with E-state index in [1.807, 2.05) is 12.1 Å². The van der Waals surface area contributed by atoms with E-state index in [0.29, 0.717) is 24.7 Å². The first-order chi connectivity index (χ1) is 10.3. The van der Waals surface area contributed by atoms with Gasteiger partial charge in [0.2, 0.25) is 11.7 Å². The van der Waals surface area contributed by atoms with Gasteiger partial charge in [0, 0.05) is 25.8 Å². The summed E-state index contributed by atoms with van der Waals surface area (Å²) in [7, 11) is 1.69. The van der Waals surface area contributed by atoms with Crippen LogP contribution in [0.3, 0.4) is 0 Å². The SMILES string of the molecule is CCNC(COC)Cc1nc(-c2ncccc2CC)no1. The lowest BCUT2D eigenvalue weighted by molar-refractivity contribution is 0.162. The molecular formula is C15H22N4O2. The highest BCUT2D eigenvalue weighted by atomic mass is 16.5. The quantitative estimate of drug-likeness (QED) is 0.800. The van der Waals surface area contributed by atoms with Gasteiger partial charge in [-0.15, -0.1) is 0 Å². The van der Waals surface area contributed by atoms with E-state index >= 15 is 0 Å². The third-order valence-electron chi connectivity index (χ3n) is 3.23. The summed E-state index contributed by atoms with van der Waals surface area (Å²) in [6, 6.07) is 4.12. The van der Waals surface area contributed by atoms with Crippen molar-refractivity contribution in [3.63, 3.8) is 0 Å². The van der Waals surface area contributed by atoms with Gasteiger partial charge in [0.15, 0.2) is 0 Å². The van der Waals surface area contributed by atoms with E-state index < -0.39 is 0 Å². The van der Waals surface area contributed by atoms with E-state index in [1.54, 1.807) is 13.3 Å². The van der Waals surface area contributed by atoms with Crippen molar-refractivity contribution in [2.24, 2.45) is 0 Å². The van der Waals surface area contributed by atoms with Crippen LogP contribution in [-0.2, 0) is 17.6 Å². The Bertz CT molecular complexity index is 550. The van der Waals surface area contributed by atoms with Gasteiger partial charge in [-0.2, -0.15) is 4.98 Å². The second-order valence-electron chi connectivity index (χ2n) is 4.79. The number of ether oxygens (including phenoxy) is 1. The summed E-state index contributed by atoms with van der Waals surface area (Å²) in [5.41, 5.74) is 1.91. The fourth-order valence-electron chi connectivity index (χ4n) is 2.25. The highest BCUT2D eigenvalue weighted by Crippen LogP contribution is 2.18. The Morgan fingerprint density at radius 2 is 2.24 bits per heavy atom. The highest BCUT2D eigenvalue weighted by Gasteiger charge is 2.16. The molecule has 2 aromatic heterocycles. The summed E-state index contributed by atoms with van der Waals surface area (Å²) in [4.78, 5) is 8.82. The van der Waals surface area contributed by atoms with Crippen molar-refractivity contribution in [3.05, 3.63) is 29.8 Å². The van der Waals surface area contributed by atoms with Crippen LogP contribution in [0.1, 0.15) is 25.3 Å². The third-order valence-corrected chi connectivity index (χ3v) is 3.23. The van der Waals surface area contributed by atoms with Gasteiger partial charge in [-0.05, 0) is 24.6 Å². The van der Waals surface area contributed by atoms with Crippen LogP contribution in [0.2, 0.25) is 0 Å². The lowest BCUT2D eigenvalue weighted by Crippen LogP contribution is -2.35. The summed E-state index contributed by atoms with van der Waals surface area (Å²) < 4.78 is 10.5. The Hall–Kier alpha value is -1.79. The summed E-state index contributed by atoms with van der Waals surface area (Å²) in [5, 5.41) is 7.39. The van der Waals surface area contributed by atoms with Crippen molar-refractivity contribution in [2.75, 3.05) is 20.3 Å². The van der Waals surface area contributed by atoms with E-state index in [0.717, 1.165) is 24.2 Å².